The van der Waals surface area contributed by atoms with Crippen LogP contribution in [0.25, 0.3) is 5.69 Å². The molecule has 0 bridgehead atoms. The molecule has 158 valence electrons. The molecule has 8 heteroatoms. The lowest BCUT2D eigenvalue weighted by Crippen LogP contribution is -2.30. The van der Waals surface area contributed by atoms with Crippen LogP contribution in [-0.2, 0) is 4.79 Å². The molecule has 0 spiro atoms. The number of aryl methyl sites for hydroxylation is 1. The number of nitrogens with one attached hydrogen (secondary N) is 1. The smallest absolute Gasteiger partial charge is 0.234 e. The third-order valence-corrected chi connectivity index (χ3v) is 5.94. The van der Waals surface area contributed by atoms with Crippen molar-refractivity contribution in [3.8, 4) is 5.69 Å². The Morgan fingerprint density at radius 1 is 1.17 bits per heavy atom. The van der Waals surface area contributed by atoms with Crippen molar-refractivity contribution in [2.45, 2.75) is 45.8 Å². The summed E-state index contributed by atoms with van der Waals surface area (Å²) in [4.78, 5) is 14.7. The molecule has 0 unspecified atom stereocenters. The molecular formula is C22H28N6OS. The van der Waals surface area contributed by atoms with Crippen molar-refractivity contribution < 1.29 is 4.79 Å². The number of benzene rings is 2. The SMILES string of the molecule is CCN(c1ccc(NC(=O)CSc2nnnn2-c2cccc(C)c2C)cc1)C(C)C. The fourth-order valence-electron chi connectivity index (χ4n) is 3.29. The van der Waals surface area contributed by atoms with Gasteiger partial charge in [-0.3, -0.25) is 4.79 Å². The van der Waals surface area contributed by atoms with Gasteiger partial charge in [-0.2, -0.15) is 4.68 Å². The molecule has 30 heavy (non-hydrogen) atoms. The van der Waals surface area contributed by atoms with Gasteiger partial charge in [0.05, 0.1) is 11.4 Å². The van der Waals surface area contributed by atoms with Crippen LogP contribution in [0.2, 0.25) is 0 Å². The summed E-state index contributed by atoms with van der Waals surface area (Å²) in [6.07, 6.45) is 0. The number of tetrazole rings is 1. The van der Waals surface area contributed by atoms with E-state index in [0.29, 0.717) is 11.2 Å². The number of nitrogens with zero attached hydrogens (tertiary/aromatic N) is 5. The lowest BCUT2D eigenvalue weighted by atomic mass is 10.1. The lowest BCUT2D eigenvalue weighted by molar-refractivity contribution is -0.113. The van der Waals surface area contributed by atoms with Crippen molar-refractivity contribution in [2.75, 3.05) is 22.5 Å². The summed E-state index contributed by atoms with van der Waals surface area (Å²) in [6, 6.07) is 14.4. The normalized spacial score (nSPS) is 11.0. The second-order valence-corrected chi connectivity index (χ2v) is 8.30. The minimum absolute atomic E-state index is 0.0977. The summed E-state index contributed by atoms with van der Waals surface area (Å²) in [5, 5.41) is 15.5. The second-order valence-electron chi connectivity index (χ2n) is 7.36. The zero-order valence-electron chi connectivity index (χ0n) is 18.1. The molecule has 0 atom stereocenters. The molecule has 0 aliphatic carbocycles. The highest BCUT2D eigenvalue weighted by molar-refractivity contribution is 7.99. The van der Waals surface area contributed by atoms with Gasteiger partial charge in [-0.05, 0) is 86.5 Å². The Kier molecular flexibility index (Phi) is 7.10. The summed E-state index contributed by atoms with van der Waals surface area (Å²) in [5.41, 5.74) is 5.12. The van der Waals surface area contributed by atoms with Gasteiger partial charge in [-0.15, -0.1) is 5.10 Å². The molecule has 0 radical (unpaired) electrons. The Morgan fingerprint density at radius 2 is 1.90 bits per heavy atom. The first kappa shape index (κ1) is 21.8. The number of carbonyl (C=O) groups excluding carboxylic acids is 1. The average Bonchev–Trinajstić information content (AvgIpc) is 3.18. The zero-order chi connectivity index (χ0) is 21.7. The Morgan fingerprint density at radius 3 is 2.57 bits per heavy atom. The van der Waals surface area contributed by atoms with Gasteiger partial charge in [0.1, 0.15) is 0 Å². The fourth-order valence-corrected chi connectivity index (χ4v) is 3.98. The van der Waals surface area contributed by atoms with Crippen molar-refractivity contribution in [1.29, 1.82) is 0 Å². The van der Waals surface area contributed by atoms with E-state index in [4.69, 9.17) is 0 Å². The number of rotatable bonds is 8. The number of anilines is 2. The van der Waals surface area contributed by atoms with Crippen LogP contribution in [0.15, 0.2) is 47.6 Å². The van der Waals surface area contributed by atoms with Crippen molar-refractivity contribution >= 4 is 29.0 Å². The number of hydrogen-bond acceptors (Lipinski definition) is 6. The molecule has 1 aromatic heterocycles. The molecule has 0 saturated heterocycles. The summed E-state index contributed by atoms with van der Waals surface area (Å²) in [6.45, 7) is 11.5. The van der Waals surface area contributed by atoms with E-state index in [1.54, 1.807) is 4.68 Å². The number of hydrogen-bond donors (Lipinski definition) is 1. The average molecular weight is 425 g/mol. The predicted octanol–water partition coefficient (Wildman–Crippen LogP) is 4.24. The highest BCUT2D eigenvalue weighted by Crippen LogP contribution is 2.23. The van der Waals surface area contributed by atoms with E-state index in [0.717, 1.165) is 29.2 Å². The zero-order valence-corrected chi connectivity index (χ0v) is 18.9. The van der Waals surface area contributed by atoms with Gasteiger partial charge in [0.2, 0.25) is 11.1 Å². The van der Waals surface area contributed by atoms with Gasteiger partial charge >= 0.3 is 0 Å². The maximum Gasteiger partial charge on any atom is 0.234 e. The third kappa shape index (κ3) is 4.99. The fraction of sp³-hybridized carbons (Fsp3) is 0.364. The number of thioether (sulfide) groups is 1. The van der Waals surface area contributed by atoms with E-state index in [-0.39, 0.29) is 11.7 Å². The van der Waals surface area contributed by atoms with Crippen LogP contribution >= 0.6 is 11.8 Å². The summed E-state index contributed by atoms with van der Waals surface area (Å²) in [5.74, 6) is 0.125. The summed E-state index contributed by atoms with van der Waals surface area (Å²) >= 11 is 1.31. The molecule has 3 aromatic rings. The van der Waals surface area contributed by atoms with Crippen LogP contribution in [0.5, 0.6) is 0 Å². The molecular weight excluding hydrogens is 396 g/mol. The molecule has 0 aliphatic heterocycles. The standard InChI is InChI=1S/C22H28N6OS/c1-6-27(15(2)3)19-12-10-18(11-13-19)23-21(29)14-30-22-24-25-26-28(22)20-9-7-8-16(4)17(20)5/h7-13,15H,6,14H2,1-5H3,(H,23,29). The second kappa shape index (κ2) is 9.75. The molecule has 1 N–H and O–H groups in total. The highest BCUT2D eigenvalue weighted by atomic mass is 32.2. The van der Waals surface area contributed by atoms with Gasteiger partial charge in [0.15, 0.2) is 0 Å². The minimum atomic E-state index is -0.0977. The van der Waals surface area contributed by atoms with Gasteiger partial charge in [-0.25, -0.2) is 0 Å². The number of amides is 1. The van der Waals surface area contributed by atoms with Crippen LogP contribution in [0.1, 0.15) is 31.9 Å². The van der Waals surface area contributed by atoms with Gasteiger partial charge in [0, 0.05) is 24.0 Å². The lowest BCUT2D eigenvalue weighted by Gasteiger charge is -2.27. The van der Waals surface area contributed by atoms with Crippen LogP contribution in [-0.4, -0.2) is 44.5 Å². The quantitative estimate of drug-likeness (QED) is 0.545. The van der Waals surface area contributed by atoms with Crippen molar-refractivity contribution in [2.24, 2.45) is 0 Å². The predicted molar refractivity (Wildman–Crippen MR) is 123 cm³/mol. The minimum Gasteiger partial charge on any atom is -0.369 e. The largest absolute Gasteiger partial charge is 0.369 e. The highest BCUT2D eigenvalue weighted by Gasteiger charge is 2.14. The molecule has 0 fully saturated rings. The van der Waals surface area contributed by atoms with E-state index in [2.05, 4.69) is 59.5 Å². The van der Waals surface area contributed by atoms with Crippen molar-refractivity contribution in [3.05, 3.63) is 53.6 Å². The maximum atomic E-state index is 12.4. The van der Waals surface area contributed by atoms with E-state index in [1.807, 2.05) is 43.3 Å². The molecule has 1 heterocycles. The first-order valence-electron chi connectivity index (χ1n) is 10.0. The van der Waals surface area contributed by atoms with Crippen LogP contribution < -0.4 is 10.2 Å². The van der Waals surface area contributed by atoms with E-state index >= 15 is 0 Å². The molecule has 0 saturated carbocycles. The maximum absolute atomic E-state index is 12.4. The van der Waals surface area contributed by atoms with Gasteiger partial charge in [0.25, 0.3) is 0 Å². The molecule has 0 aliphatic rings. The van der Waals surface area contributed by atoms with E-state index < -0.39 is 0 Å². The summed E-state index contributed by atoms with van der Waals surface area (Å²) < 4.78 is 1.68. The van der Waals surface area contributed by atoms with Crippen LogP contribution in [0, 0.1) is 13.8 Å². The Labute approximate surface area is 181 Å². The van der Waals surface area contributed by atoms with Crippen LogP contribution in [0.4, 0.5) is 11.4 Å². The number of carbonyl (C=O) groups is 1. The molecule has 3 rings (SSSR count). The van der Waals surface area contributed by atoms with E-state index in [1.165, 1.54) is 17.3 Å². The van der Waals surface area contributed by atoms with Crippen molar-refractivity contribution in [1.82, 2.24) is 20.2 Å². The van der Waals surface area contributed by atoms with Crippen LogP contribution in [0.3, 0.4) is 0 Å². The molecule has 1 amide bonds. The van der Waals surface area contributed by atoms with Gasteiger partial charge < -0.3 is 10.2 Å². The topological polar surface area (TPSA) is 75.9 Å². The summed E-state index contributed by atoms with van der Waals surface area (Å²) in [7, 11) is 0. The molecule has 2 aromatic carbocycles. The Bertz CT molecular complexity index is 999. The van der Waals surface area contributed by atoms with E-state index in [9.17, 15) is 4.79 Å². The Hall–Kier alpha value is -2.87. The number of aromatic nitrogens is 4. The third-order valence-electron chi connectivity index (χ3n) is 5.02. The Balaban J connectivity index is 1.62. The monoisotopic (exact) mass is 424 g/mol. The molecule has 7 nitrogen and oxygen atoms in total. The van der Waals surface area contributed by atoms with Gasteiger partial charge in [-0.1, -0.05) is 23.9 Å². The van der Waals surface area contributed by atoms with Crippen molar-refractivity contribution in [3.63, 3.8) is 0 Å². The first-order chi connectivity index (χ1) is 14.4. The first-order valence-corrected chi connectivity index (χ1v) is 11.0.